The molecule has 0 bridgehead atoms. The number of nitrogens with two attached hydrogens (primary N) is 1. The highest BCUT2D eigenvalue weighted by molar-refractivity contribution is 5.85. The van der Waals surface area contributed by atoms with Crippen molar-refractivity contribution in [1.29, 1.82) is 0 Å². The third-order valence-electron chi connectivity index (χ3n) is 4.67. The van der Waals surface area contributed by atoms with Gasteiger partial charge in [0.2, 0.25) is 0 Å². The van der Waals surface area contributed by atoms with Crippen molar-refractivity contribution in [1.82, 2.24) is 4.57 Å². The summed E-state index contributed by atoms with van der Waals surface area (Å²) in [5.74, 6) is 0. The monoisotopic (exact) mass is 242 g/mol. The van der Waals surface area contributed by atoms with Crippen LogP contribution in [0.25, 0.3) is 10.9 Å². The van der Waals surface area contributed by atoms with Crippen molar-refractivity contribution in [2.24, 2.45) is 12.8 Å². The second-order valence-corrected chi connectivity index (χ2v) is 5.87. The topological polar surface area (TPSA) is 30.9 Å². The Labute approximate surface area is 109 Å². The summed E-state index contributed by atoms with van der Waals surface area (Å²) in [6, 6.07) is 6.76. The molecule has 0 atom stereocenters. The molecular weight excluding hydrogens is 220 g/mol. The molecule has 1 aliphatic carbocycles. The van der Waals surface area contributed by atoms with E-state index in [4.69, 9.17) is 5.73 Å². The Bertz CT molecular complexity index is 574. The van der Waals surface area contributed by atoms with Crippen LogP contribution in [0, 0.1) is 6.92 Å². The fourth-order valence-corrected chi connectivity index (χ4v) is 3.55. The van der Waals surface area contributed by atoms with E-state index in [-0.39, 0.29) is 5.41 Å². The molecule has 0 saturated heterocycles. The maximum Gasteiger partial charge on any atom is 0.0483 e. The number of rotatable bonds is 2. The van der Waals surface area contributed by atoms with Crippen LogP contribution >= 0.6 is 0 Å². The van der Waals surface area contributed by atoms with Gasteiger partial charge in [0.15, 0.2) is 0 Å². The van der Waals surface area contributed by atoms with E-state index in [0.29, 0.717) is 0 Å². The van der Waals surface area contributed by atoms with Crippen molar-refractivity contribution < 1.29 is 0 Å². The molecule has 0 spiro atoms. The van der Waals surface area contributed by atoms with Crippen LogP contribution in [0.5, 0.6) is 0 Å². The first-order chi connectivity index (χ1) is 8.66. The summed E-state index contributed by atoms with van der Waals surface area (Å²) in [6.07, 6.45) is 7.44. The van der Waals surface area contributed by atoms with Crippen LogP contribution in [0.15, 0.2) is 24.4 Å². The smallest absolute Gasteiger partial charge is 0.0483 e. The van der Waals surface area contributed by atoms with Gasteiger partial charge in [-0.2, -0.15) is 0 Å². The highest BCUT2D eigenvalue weighted by Crippen LogP contribution is 2.43. The fraction of sp³-hybridized carbons (Fsp3) is 0.500. The molecule has 1 heterocycles. The Morgan fingerprint density at radius 2 is 2.00 bits per heavy atom. The maximum atomic E-state index is 6.12. The van der Waals surface area contributed by atoms with Gasteiger partial charge in [0.05, 0.1) is 0 Å². The number of hydrogen-bond donors (Lipinski definition) is 1. The van der Waals surface area contributed by atoms with E-state index < -0.39 is 0 Å². The Morgan fingerprint density at radius 3 is 2.67 bits per heavy atom. The van der Waals surface area contributed by atoms with Gasteiger partial charge >= 0.3 is 0 Å². The molecule has 0 unspecified atom stereocenters. The van der Waals surface area contributed by atoms with Crippen molar-refractivity contribution in [2.45, 2.75) is 38.0 Å². The van der Waals surface area contributed by atoms with Crippen LogP contribution in [0.2, 0.25) is 0 Å². The van der Waals surface area contributed by atoms with Gasteiger partial charge in [0.1, 0.15) is 0 Å². The van der Waals surface area contributed by atoms with Crippen molar-refractivity contribution in [3.8, 4) is 0 Å². The molecular formula is C16H22N2. The van der Waals surface area contributed by atoms with Crippen LogP contribution in [0.4, 0.5) is 0 Å². The molecule has 2 nitrogen and oxygen atoms in total. The van der Waals surface area contributed by atoms with Crippen molar-refractivity contribution in [3.63, 3.8) is 0 Å². The summed E-state index contributed by atoms with van der Waals surface area (Å²) in [4.78, 5) is 0. The molecule has 3 rings (SSSR count). The average molecular weight is 242 g/mol. The van der Waals surface area contributed by atoms with Gasteiger partial charge in [-0.1, -0.05) is 25.0 Å². The predicted octanol–water partition coefficient (Wildman–Crippen LogP) is 3.26. The lowest BCUT2D eigenvalue weighted by molar-refractivity contribution is 0.456. The van der Waals surface area contributed by atoms with Crippen LogP contribution in [0.1, 0.15) is 36.8 Å². The largest absolute Gasteiger partial charge is 0.350 e. The van der Waals surface area contributed by atoms with E-state index >= 15 is 0 Å². The summed E-state index contributed by atoms with van der Waals surface area (Å²) in [6.45, 7) is 2.93. The third kappa shape index (κ3) is 1.59. The minimum atomic E-state index is 0.231. The molecule has 0 amide bonds. The zero-order valence-corrected chi connectivity index (χ0v) is 11.4. The van der Waals surface area contributed by atoms with E-state index in [2.05, 4.69) is 42.9 Å². The van der Waals surface area contributed by atoms with E-state index in [9.17, 15) is 0 Å². The van der Waals surface area contributed by atoms with Crippen molar-refractivity contribution >= 4 is 10.9 Å². The van der Waals surface area contributed by atoms with Gasteiger partial charge in [-0.25, -0.2) is 0 Å². The number of nitrogens with zero attached hydrogens (tertiary/aromatic N) is 1. The van der Waals surface area contributed by atoms with Gasteiger partial charge in [-0.3, -0.25) is 0 Å². The first-order valence-corrected chi connectivity index (χ1v) is 6.92. The summed E-state index contributed by atoms with van der Waals surface area (Å²) in [5.41, 5.74) is 10.5. The van der Waals surface area contributed by atoms with Crippen LogP contribution in [-0.4, -0.2) is 11.1 Å². The van der Waals surface area contributed by atoms with Gasteiger partial charge in [0, 0.05) is 36.1 Å². The lowest BCUT2D eigenvalue weighted by Crippen LogP contribution is -2.31. The first kappa shape index (κ1) is 11.8. The lowest BCUT2D eigenvalue weighted by atomic mass is 9.79. The highest BCUT2D eigenvalue weighted by Gasteiger charge is 2.36. The first-order valence-electron chi connectivity index (χ1n) is 6.92. The Kier molecular flexibility index (Phi) is 2.70. The normalized spacial score (nSPS) is 18.6. The SMILES string of the molecule is Cc1ccc2c(C3(CN)CCCC3)cn(C)c2c1. The number of aromatic nitrogens is 1. The molecule has 2 N–H and O–H groups in total. The number of benzene rings is 1. The molecule has 1 fully saturated rings. The fourth-order valence-electron chi connectivity index (χ4n) is 3.55. The van der Waals surface area contributed by atoms with E-state index in [0.717, 1.165) is 6.54 Å². The quantitative estimate of drug-likeness (QED) is 0.861. The van der Waals surface area contributed by atoms with Crippen molar-refractivity contribution in [3.05, 3.63) is 35.5 Å². The van der Waals surface area contributed by atoms with Gasteiger partial charge < -0.3 is 10.3 Å². The number of hydrogen-bond acceptors (Lipinski definition) is 1. The Morgan fingerprint density at radius 1 is 1.28 bits per heavy atom. The van der Waals surface area contributed by atoms with E-state index in [1.165, 1.54) is 47.7 Å². The molecule has 2 heteroatoms. The second kappa shape index (κ2) is 4.13. The molecule has 1 aliphatic rings. The molecule has 2 aromatic rings. The highest BCUT2D eigenvalue weighted by atomic mass is 14.9. The molecule has 96 valence electrons. The van der Waals surface area contributed by atoms with E-state index in [1.54, 1.807) is 0 Å². The standard InChI is InChI=1S/C16H22N2/c1-12-5-6-13-14(10-18(2)15(13)9-12)16(11-17)7-3-4-8-16/h5-6,9-10H,3-4,7-8,11,17H2,1-2H3. The molecule has 0 radical (unpaired) electrons. The maximum absolute atomic E-state index is 6.12. The van der Waals surface area contributed by atoms with Gasteiger partial charge in [0.25, 0.3) is 0 Å². The van der Waals surface area contributed by atoms with Crippen LogP contribution < -0.4 is 5.73 Å². The zero-order chi connectivity index (χ0) is 12.8. The van der Waals surface area contributed by atoms with E-state index in [1.807, 2.05) is 0 Å². The second-order valence-electron chi connectivity index (χ2n) is 5.87. The van der Waals surface area contributed by atoms with Gasteiger partial charge in [-0.15, -0.1) is 0 Å². The summed E-state index contributed by atoms with van der Waals surface area (Å²) in [7, 11) is 2.14. The Balaban J connectivity index is 2.23. The molecule has 0 aliphatic heterocycles. The minimum absolute atomic E-state index is 0.231. The molecule has 1 aromatic carbocycles. The summed E-state index contributed by atoms with van der Waals surface area (Å²) in [5, 5.41) is 1.40. The summed E-state index contributed by atoms with van der Waals surface area (Å²) < 4.78 is 2.26. The molecule has 1 saturated carbocycles. The van der Waals surface area contributed by atoms with Crippen molar-refractivity contribution in [2.75, 3.05) is 6.54 Å². The zero-order valence-electron chi connectivity index (χ0n) is 11.4. The Hall–Kier alpha value is -1.28. The summed E-state index contributed by atoms with van der Waals surface area (Å²) >= 11 is 0. The third-order valence-corrected chi connectivity index (χ3v) is 4.67. The van der Waals surface area contributed by atoms with Crippen LogP contribution in [-0.2, 0) is 12.5 Å². The minimum Gasteiger partial charge on any atom is -0.350 e. The average Bonchev–Trinajstić information content (AvgIpc) is 2.96. The molecule has 18 heavy (non-hydrogen) atoms. The van der Waals surface area contributed by atoms with Gasteiger partial charge in [-0.05, 0) is 37.0 Å². The predicted molar refractivity (Wildman–Crippen MR) is 76.9 cm³/mol. The number of aryl methyl sites for hydroxylation is 2. The lowest BCUT2D eigenvalue weighted by Gasteiger charge is -2.27. The molecule has 1 aromatic heterocycles. The van der Waals surface area contributed by atoms with Crippen LogP contribution in [0.3, 0.4) is 0 Å². The number of fused-ring (bicyclic) bond motifs is 1.